The Bertz CT molecular complexity index is 1220. The molecule has 3 aromatic rings. The van der Waals surface area contributed by atoms with Gasteiger partial charge in [-0.15, -0.1) is 6.58 Å². The van der Waals surface area contributed by atoms with Crippen LogP contribution in [0.1, 0.15) is 46.8 Å². The molecule has 5 nitrogen and oxygen atoms in total. The van der Waals surface area contributed by atoms with Crippen molar-refractivity contribution in [3.8, 4) is 11.3 Å². The molecule has 2 atom stereocenters. The molecule has 0 bridgehead atoms. The number of hydrogen-bond acceptors (Lipinski definition) is 4. The van der Waals surface area contributed by atoms with E-state index < -0.39 is 28.7 Å². The first-order valence-electron chi connectivity index (χ1n) is 11.7. The molecule has 0 spiro atoms. The van der Waals surface area contributed by atoms with Crippen LogP contribution in [-0.4, -0.2) is 39.9 Å². The van der Waals surface area contributed by atoms with Crippen LogP contribution in [-0.2, 0) is 6.18 Å². The molecule has 1 aliphatic heterocycles. The van der Waals surface area contributed by atoms with Crippen molar-refractivity contribution < 1.29 is 18.0 Å². The zero-order valence-electron chi connectivity index (χ0n) is 19.5. The summed E-state index contributed by atoms with van der Waals surface area (Å²) < 4.78 is 40.2. The SMILES string of the molecule is C=CCN1CCCC[C@H]1C(NC(=O)c1cccc(C(F)(F)F)c1Cl)c1cccc(-c2cnccn2)c1. The Labute approximate surface area is 213 Å². The van der Waals surface area contributed by atoms with Gasteiger partial charge in [-0.3, -0.25) is 19.7 Å². The predicted octanol–water partition coefficient (Wildman–Crippen LogP) is 6.33. The van der Waals surface area contributed by atoms with Crippen LogP contribution in [0.2, 0.25) is 5.02 Å². The topological polar surface area (TPSA) is 58.1 Å². The van der Waals surface area contributed by atoms with E-state index in [1.165, 1.54) is 12.1 Å². The number of likely N-dealkylation sites (tertiary alicyclic amines) is 1. The van der Waals surface area contributed by atoms with Crippen LogP contribution < -0.4 is 5.32 Å². The van der Waals surface area contributed by atoms with Crippen LogP contribution >= 0.6 is 11.6 Å². The van der Waals surface area contributed by atoms with Crippen LogP contribution in [0.15, 0.2) is 73.7 Å². The second-order valence-electron chi connectivity index (χ2n) is 8.68. The summed E-state index contributed by atoms with van der Waals surface area (Å²) >= 11 is 6.07. The van der Waals surface area contributed by atoms with Crippen molar-refractivity contribution in [2.24, 2.45) is 0 Å². The maximum Gasteiger partial charge on any atom is 0.417 e. The van der Waals surface area contributed by atoms with Gasteiger partial charge in [0.05, 0.1) is 34.1 Å². The normalized spacial score (nSPS) is 17.4. The fraction of sp³-hybridized carbons (Fsp3) is 0.296. The van der Waals surface area contributed by atoms with Crippen LogP contribution in [0, 0.1) is 0 Å². The van der Waals surface area contributed by atoms with Crippen LogP contribution in [0.3, 0.4) is 0 Å². The summed E-state index contributed by atoms with van der Waals surface area (Å²) in [7, 11) is 0. The van der Waals surface area contributed by atoms with Gasteiger partial charge in [0.2, 0.25) is 0 Å². The molecule has 36 heavy (non-hydrogen) atoms. The second kappa shape index (κ2) is 11.2. The van der Waals surface area contributed by atoms with Gasteiger partial charge < -0.3 is 5.32 Å². The third-order valence-corrected chi connectivity index (χ3v) is 6.76. The Morgan fingerprint density at radius 2 is 2.03 bits per heavy atom. The van der Waals surface area contributed by atoms with Crippen LogP contribution in [0.25, 0.3) is 11.3 Å². The number of hydrogen-bond donors (Lipinski definition) is 1. The number of amides is 1. The molecule has 1 amide bonds. The van der Waals surface area contributed by atoms with E-state index >= 15 is 0 Å². The molecule has 0 aliphatic carbocycles. The molecule has 0 saturated carbocycles. The van der Waals surface area contributed by atoms with Crippen molar-refractivity contribution in [1.82, 2.24) is 20.2 Å². The zero-order valence-corrected chi connectivity index (χ0v) is 20.3. The third kappa shape index (κ3) is 5.77. The van der Waals surface area contributed by atoms with Crippen molar-refractivity contribution in [3.63, 3.8) is 0 Å². The Kier molecular flexibility index (Phi) is 8.06. The number of alkyl halides is 3. The van der Waals surface area contributed by atoms with E-state index in [0.29, 0.717) is 12.2 Å². The Morgan fingerprint density at radius 3 is 2.75 bits per heavy atom. The molecule has 1 saturated heterocycles. The molecule has 1 unspecified atom stereocenters. The minimum absolute atomic E-state index is 0.0811. The Balaban J connectivity index is 1.73. The summed E-state index contributed by atoms with van der Waals surface area (Å²) in [5, 5.41) is 2.39. The summed E-state index contributed by atoms with van der Waals surface area (Å²) in [6, 6.07) is 10.4. The highest BCUT2D eigenvalue weighted by Gasteiger charge is 2.36. The highest BCUT2D eigenvalue weighted by Crippen LogP contribution is 2.37. The highest BCUT2D eigenvalue weighted by molar-refractivity contribution is 6.34. The largest absolute Gasteiger partial charge is 0.417 e. The quantitative estimate of drug-likeness (QED) is 0.374. The van der Waals surface area contributed by atoms with E-state index in [4.69, 9.17) is 11.6 Å². The first-order valence-corrected chi connectivity index (χ1v) is 12.0. The number of nitrogens with one attached hydrogen (secondary N) is 1. The van der Waals surface area contributed by atoms with E-state index in [1.54, 1.807) is 18.6 Å². The molecule has 1 N–H and O–H groups in total. The molecule has 9 heteroatoms. The van der Waals surface area contributed by atoms with Gasteiger partial charge in [-0.2, -0.15) is 13.2 Å². The summed E-state index contributed by atoms with van der Waals surface area (Å²) in [6.07, 6.45) is 4.79. The summed E-state index contributed by atoms with van der Waals surface area (Å²) in [6.45, 7) is 5.32. The van der Waals surface area contributed by atoms with E-state index in [1.807, 2.05) is 30.3 Å². The number of aromatic nitrogens is 2. The van der Waals surface area contributed by atoms with E-state index in [0.717, 1.165) is 43.0 Å². The van der Waals surface area contributed by atoms with E-state index in [2.05, 4.69) is 26.8 Å². The van der Waals surface area contributed by atoms with Gasteiger partial charge in [0.25, 0.3) is 5.91 Å². The van der Waals surface area contributed by atoms with Crippen LogP contribution in [0.4, 0.5) is 13.2 Å². The minimum atomic E-state index is -4.66. The van der Waals surface area contributed by atoms with Gasteiger partial charge in [0, 0.05) is 30.5 Å². The maximum absolute atomic E-state index is 13.4. The molecule has 0 radical (unpaired) electrons. The number of halogens is 4. The van der Waals surface area contributed by atoms with Gasteiger partial charge in [-0.25, -0.2) is 0 Å². The Morgan fingerprint density at radius 1 is 1.22 bits per heavy atom. The number of rotatable bonds is 7. The van der Waals surface area contributed by atoms with Crippen LogP contribution in [0.5, 0.6) is 0 Å². The average molecular weight is 515 g/mol. The molecular formula is C27H26ClF3N4O. The fourth-order valence-electron chi connectivity index (χ4n) is 4.67. The van der Waals surface area contributed by atoms with Crippen molar-refractivity contribution in [3.05, 3.63) is 95.4 Å². The molecular weight excluding hydrogens is 489 g/mol. The van der Waals surface area contributed by atoms with Crippen molar-refractivity contribution in [1.29, 1.82) is 0 Å². The second-order valence-corrected chi connectivity index (χ2v) is 9.06. The third-order valence-electron chi connectivity index (χ3n) is 6.35. The summed E-state index contributed by atoms with van der Waals surface area (Å²) in [5.41, 5.74) is 1.06. The minimum Gasteiger partial charge on any atom is -0.344 e. The van der Waals surface area contributed by atoms with Crippen molar-refractivity contribution >= 4 is 17.5 Å². The number of carbonyl (C=O) groups excluding carboxylic acids is 1. The first kappa shape index (κ1) is 25.9. The molecule has 1 aromatic heterocycles. The lowest BCUT2D eigenvalue weighted by Crippen LogP contribution is -2.48. The lowest BCUT2D eigenvalue weighted by molar-refractivity contribution is -0.137. The fourth-order valence-corrected chi connectivity index (χ4v) is 4.99. The molecule has 2 aromatic carbocycles. The molecule has 4 rings (SSSR count). The standard InChI is InChI=1S/C27H26ClF3N4O/c1-2-14-35-15-4-3-11-23(35)25(19-8-5-7-18(16-19)22-17-32-12-13-33-22)34-26(36)20-9-6-10-21(24(20)28)27(29,30)31/h2,5-10,12-13,16-17,23,25H,1,3-4,11,14-15H2,(H,34,36)/t23-,25?/m0/s1. The average Bonchev–Trinajstić information content (AvgIpc) is 2.88. The first-order chi connectivity index (χ1) is 17.3. The number of piperidine rings is 1. The van der Waals surface area contributed by atoms with Gasteiger partial charge in [-0.1, -0.05) is 48.4 Å². The van der Waals surface area contributed by atoms with Gasteiger partial charge in [0.1, 0.15) is 0 Å². The van der Waals surface area contributed by atoms with E-state index in [9.17, 15) is 18.0 Å². The number of benzene rings is 2. The summed E-state index contributed by atoms with van der Waals surface area (Å²) in [4.78, 5) is 24.1. The summed E-state index contributed by atoms with van der Waals surface area (Å²) in [5.74, 6) is -0.662. The predicted molar refractivity (Wildman–Crippen MR) is 134 cm³/mol. The molecule has 2 heterocycles. The van der Waals surface area contributed by atoms with Crippen molar-refractivity contribution in [2.75, 3.05) is 13.1 Å². The monoisotopic (exact) mass is 514 g/mol. The lowest BCUT2D eigenvalue weighted by atomic mass is 9.89. The molecule has 1 fully saturated rings. The number of carbonyl (C=O) groups is 1. The van der Waals surface area contributed by atoms with Gasteiger partial charge in [0.15, 0.2) is 0 Å². The zero-order chi connectivity index (χ0) is 25.7. The van der Waals surface area contributed by atoms with Crippen molar-refractivity contribution in [2.45, 2.75) is 37.5 Å². The molecule has 1 aliphatic rings. The van der Waals surface area contributed by atoms with Gasteiger partial charge >= 0.3 is 6.18 Å². The Hall–Kier alpha value is -3.23. The molecule has 188 valence electrons. The highest BCUT2D eigenvalue weighted by atomic mass is 35.5. The van der Waals surface area contributed by atoms with Gasteiger partial charge in [-0.05, 0) is 43.1 Å². The number of nitrogens with zero attached hydrogens (tertiary/aromatic N) is 3. The smallest absolute Gasteiger partial charge is 0.344 e. The maximum atomic E-state index is 13.4. The lowest BCUT2D eigenvalue weighted by Gasteiger charge is -2.40. The van der Waals surface area contributed by atoms with E-state index in [-0.39, 0.29) is 11.6 Å².